The highest BCUT2D eigenvalue weighted by Gasteiger charge is 2.14. The molecule has 1 aromatic carbocycles. The van der Waals surface area contributed by atoms with E-state index in [4.69, 9.17) is 4.42 Å². The summed E-state index contributed by atoms with van der Waals surface area (Å²) in [5.41, 5.74) is 2.23. The first-order valence-corrected chi connectivity index (χ1v) is 6.48. The highest BCUT2D eigenvalue weighted by Crippen LogP contribution is 2.27. The fourth-order valence-corrected chi connectivity index (χ4v) is 2.17. The van der Waals surface area contributed by atoms with E-state index in [9.17, 15) is 0 Å². The lowest BCUT2D eigenvalue weighted by atomic mass is 10.1. The van der Waals surface area contributed by atoms with Crippen LogP contribution in [0.1, 0.15) is 44.1 Å². The standard InChI is InChI=1S/C15H21NO/c1-4-9-16-13(5-2)14-10-12-8-6-7-11(3)15(12)17-14/h6-8,10,13,16H,4-5,9H2,1-3H3. The van der Waals surface area contributed by atoms with E-state index in [0.29, 0.717) is 6.04 Å². The SMILES string of the molecule is CCCNC(CC)c1cc2cccc(C)c2o1. The van der Waals surface area contributed by atoms with Crippen LogP contribution in [0.3, 0.4) is 0 Å². The monoisotopic (exact) mass is 231 g/mol. The molecular weight excluding hydrogens is 210 g/mol. The number of para-hydroxylation sites is 1. The third-order valence-electron chi connectivity index (χ3n) is 3.15. The van der Waals surface area contributed by atoms with Gasteiger partial charge in [-0.05, 0) is 37.9 Å². The second kappa shape index (κ2) is 5.37. The molecule has 0 aliphatic heterocycles. The van der Waals surface area contributed by atoms with E-state index < -0.39 is 0 Å². The van der Waals surface area contributed by atoms with E-state index in [2.05, 4.69) is 50.4 Å². The predicted octanol–water partition coefficient (Wildman–Crippen LogP) is 4.19. The van der Waals surface area contributed by atoms with Crippen molar-refractivity contribution in [2.45, 2.75) is 39.7 Å². The minimum Gasteiger partial charge on any atom is -0.459 e. The quantitative estimate of drug-likeness (QED) is 0.834. The fraction of sp³-hybridized carbons (Fsp3) is 0.467. The normalized spacial score (nSPS) is 13.1. The predicted molar refractivity (Wildman–Crippen MR) is 72.3 cm³/mol. The summed E-state index contributed by atoms with van der Waals surface area (Å²) in [5, 5.41) is 4.73. The lowest BCUT2D eigenvalue weighted by Crippen LogP contribution is -2.20. The van der Waals surface area contributed by atoms with E-state index in [1.165, 1.54) is 10.9 Å². The molecule has 1 heterocycles. The largest absolute Gasteiger partial charge is 0.459 e. The van der Waals surface area contributed by atoms with Gasteiger partial charge in [-0.3, -0.25) is 0 Å². The van der Waals surface area contributed by atoms with Crippen molar-refractivity contribution in [3.8, 4) is 0 Å². The van der Waals surface area contributed by atoms with Crippen LogP contribution in [0.5, 0.6) is 0 Å². The summed E-state index contributed by atoms with van der Waals surface area (Å²) in [6, 6.07) is 8.79. The van der Waals surface area contributed by atoms with Gasteiger partial charge >= 0.3 is 0 Å². The molecule has 17 heavy (non-hydrogen) atoms. The molecule has 2 nitrogen and oxygen atoms in total. The van der Waals surface area contributed by atoms with Crippen molar-refractivity contribution in [3.63, 3.8) is 0 Å². The Balaban J connectivity index is 2.31. The van der Waals surface area contributed by atoms with Crippen molar-refractivity contribution in [2.75, 3.05) is 6.54 Å². The molecule has 2 rings (SSSR count). The molecule has 0 fully saturated rings. The second-order valence-electron chi connectivity index (χ2n) is 4.56. The summed E-state index contributed by atoms with van der Waals surface area (Å²) in [5.74, 6) is 1.06. The topological polar surface area (TPSA) is 25.2 Å². The van der Waals surface area contributed by atoms with Crippen LogP contribution < -0.4 is 5.32 Å². The van der Waals surface area contributed by atoms with E-state index >= 15 is 0 Å². The molecule has 0 aliphatic carbocycles. The molecule has 1 unspecified atom stereocenters. The molecule has 1 N–H and O–H groups in total. The van der Waals surface area contributed by atoms with Crippen molar-refractivity contribution < 1.29 is 4.42 Å². The first-order valence-electron chi connectivity index (χ1n) is 6.48. The minimum absolute atomic E-state index is 0.335. The number of nitrogens with one attached hydrogen (secondary N) is 1. The number of fused-ring (bicyclic) bond motifs is 1. The Labute approximate surface area is 103 Å². The van der Waals surface area contributed by atoms with E-state index in [0.717, 1.165) is 30.7 Å². The maximum Gasteiger partial charge on any atom is 0.137 e. The summed E-state index contributed by atoms with van der Waals surface area (Å²) in [6.45, 7) is 7.50. The van der Waals surface area contributed by atoms with Gasteiger partial charge in [0.2, 0.25) is 0 Å². The van der Waals surface area contributed by atoms with Crippen LogP contribution >= 0.6 is 0 Å². The van der Waals surface area contributed by atoms with Crippen LogP contribution in [0.25, 0.3) is 11.0 Å². The Bertz CT molecular complexity index is 487. The zero-order valence-electron chi connectivity index (χ0n) is 10.9. The Morgan fingerprint density at radius 1 is 1.29 bits per heavy atom. The summed E-state index contributed by atoms with van der Waals surface area (Å²) in [7, 11) is 0. The van der Waals surface area contributed by atoms with Gasteiger partial charge in [0.05, 0.1) is 6.04 Å². The van der Waals surface area contributed by atoms with Crippen molar-refractivity contribution >= 4 is 11.0 Å². The van der Waals surface area contributed by atoms with Gasteiger partial charge in [-0.1, -0.05) is 32.0 Å². The molecular formula is C15H21NO. The Kier molecular flexibility index (Phi) is 3.85. The smallest absolute Gasteiger partial charge is 0.137 e. The van der Waals surface area contributed by atoms with Gasteiger partial charge in [0.15, 0.2) is 0 Å². The average molecular weight is 231 g/mol. The molecule has 2 aromatic rings. The number of aryl methyl sites for hydroxylation is 1. The summed E-state index contributed by atoms with van der Waals surface area (Å²) in [4.78, 5) is 0. The van der Waals surface area contributed by atoms with Crippen LogP contribution in [0.15, 0.2) is 28.7 Å². The molecule has 0 saturated heterocycles. The van der Waals surface area contributed by atoms with Gasteiger partial charge in [-0.2, -0.15) is 0 Å². The molecule has 0 spiro atoms. The maximum absolute atomic E-state index is 5.99. The van der Waals surface area contributed by atoms with E-state index in [-0.39, 0.29) is 0 Å². The summed E-state index contributed by atoms with van der Waals surface area (Å²) < 4.78 is 5.99. The average Bonchev–Trinajstić information content (AvgIpc) is 2.75. The highest BCUT2D eigenvalue weighted by molar-refractivity contribution is 5.80. The van der Waals surface area contributed by atoms with E-state index in [1.807, 2.05) is 0 Å². The second-order valence-corrected chi connectivity index (χ2v) is 4.56. The molecule has 0 aliphatic rings. The lowest BCUT2D eigenvalue weighted by molar-refractivity contribution is 0.420. The lowest BCUT2D eigenvalue weighted by Gasteiger charge is -2.13. The summed E-state index contributed by atoms with van der Waals surface area (Å²) in [6.07, 6.45) is 2.20. The third-order valence-corrected chi connectivity index (χ3v) is 3.15. The maximum atomic E-state index is 5.99. The van der Waals surface area contributed by atoms with Crippen LogP contribution in [-0.2, 0) is 0 Å². The van der Waals surface area contributed by atoms with Crippen LogP contribution in [0.4, 0.5) is 0 Å². The molecule has 0 bridgehead atoms. The van der Waals surface area contributed by atoms with Crippen LogP contribution in [0, 0.1) is 6.92 Å². The van der Waals surface area contributed by atoms with Crippen molar-refractivity contribution in [1.82, 2.24) is 5.32 Å². The molecule has 1 aromatic heterocycles. The van der Waals surface area contributed by atoms with Crippen molar-refractivity contribution in [1.29, 1.82) is 0 Å². The van der Waals surface area contributed by atoms with Gasteiger partial charge in [0.25, 0.3) is 0 Å². The minimum atomic E-state index is 0.335. The molecule has 0 amide bonds. The molecule has 0 saturated carbocycles. The molecule has 92 valence electrons. The molecule has 2 heteroatoms. The Morgan fingerprint density at radius 2 is 2.12 bits per heavy atom. The Morgan fingerprint density at radius 3 is 2.76 bits per heavy atom. The van der Waals surface area contributed by atoms with Gasteiger partial charge in [-0.25, -0.2) is 0 Å². The summed E-state index contributed by atoms with van der Waals surface area (Å²) >= 11 is 0. The molecule has 1 atom stereocenters. The van der Waals surface area contributed by atoms with Gasteiger partial charge in [0.1, 0.15) is 11.3 Å². The van der Waals surface area contributed by atoms with E-state index in [1.54, 1.807) is 0 Å². The fourth-order valence-electron chi connectivity index (χ4n) is 2.17. The number of furan rings is 1. The number of hydrogen-bond donors (Lipinski definition) is 1. The highest BCUT2D eigenvalue weighted by atomic mass is 16.3. The number of rotatable bonds is 5. The van der Waals surface area contributed by atoms with Crippen molar-refractivity contribution in [3.05, 3.63) is 35.6 Å². The van der Waals surface area contributed by atoms with Crippen molar-refractivity contribution in [2.24, 2.45) is 0 Å². The zero-order valence-corrected chi connectivity index (χ0v) is 10.9. The van der Waals surface area contributed by atoms with Gasteiger partial charge < -0.3 is 9.73 Å². The van der Waals surface area contributed by atoms with Crippen LogP contribution in [-0.4, -0.2) is 6.54 Å². The number of hydrogen-bond acceptors (Lipinski definition) is 2. The first kappa shape index (κ1) is 12.2. The molecule has 0 radical (unpaired) electrons. The first-order chi connectivity index (χ1) is 8.26. The zero-order chi connectivity index (χ0) is 12.3. The van der Waals surface area contributed by atoms with Gasteiger partial charge in [0, 0.05) is 5.39 Å². The third kappa shape index (κ3) is 2.52. The number of benzene rings is 1. The van der Waals surface area contributed by atoms with Crippen LogP contribution in [0.2, 0.25) is 0 Å². The Hall–Kier alpha value is -1.28. The van der Waals surface area contributed by atoms with Gasteiger partial charge in [-0.15, -0.1) is 0 Å².